The van der Waals surface area contributed by atoms with Crippen LogP contribution in [0, 0.1) is 5.92 Å². The van der Waals surface area contributed by atoms with Crippen LogP contribution in [0.15, 0.2) is 24.4 Å². The second-order valence-corrected chi connectivity index (χ2v) is 5.75. The SMILES string of the molecule is CN1CCN(Cc2ccccn2)C[C@@H](C(=O)N(C)C)C1. The van der Waals surface area contributed by atoms with Gasteiger partial charge in [-0.05, 0) is 19.2 Å². The molecule has 1 atom stereocenters. The molecule has 5 nitrogen and oxygen atoms in total. The molecule has 1 aromatic rings. The highest BCUT2D eigenvalue weighted by Gasteiger charge is 2.27. The summed E-state index contributed by atoms with van der Waals surface area (Å²) in [7, 11) is 5.74. The van der Waals surface area contributed by atoms with Crippen molar-refractivity contribution in [3.63, 3.8) is 0 Å². The summed E-state index contributed by atoms with van der Waals surface area (Å²) < 4.78 is 0. The van der Waals surface area contributed by atoms with Crippen molar-refractivity contribution >= 4 is 5.91 Å². The fourth-order valence-corrected chi connectivity index (χ4v) is 2.63. The van der Waals surface area contributed by atoms with Crippen molar-refractivity contribution in [3.05, 3.63) is 30.1 Å². The molecule has 0 aliphatic carbocycles. The predicted octanol–water partition coefficient (Wildman–Crippen LogP) is 0.533. The van der Waals surface area contributed by atoms with Gasteiger partial charge in [-0.25, -0.2) is 0 Å². The van der Waals surface area contributed by atoms with Crippen molar-refractivity contribution in [2.75, 3.05) is 47.3 Å². The van der Waals surface area contributed by atoms with Crippen LogP contribution < -0.4 is 0 Å². The van der Waals surface area contributed by atoms with Crippen molar-refractivity contribution in [1.29, 1.82) is 0 Å². The van der Waals surface area contributed by atoms with E-state index in [1.807, 2.05) is 38.5 Å². The summed E-state index contributed by atoms with van der Waals surface area (Å²) in [6.07, 6.45) is 1.82. The van der Waals surface area contributed by atoms with Crippen LogP contribution >= 0.6 is 0 Å². The number of carbonyl (C=O) groups excluding carboxylic acids is 1. The van der Waals surface area contributed by atoms with Crippen LogP contribution in [0.2, 0.25) is 0 Å². The Balaban J connectivity index is 2.04. The highest BCUT2D eigenvalue weighted by Crippen LogP contribution is 2.13. The predicted molar refractivity (Wildman–Crippen MR) is 79.2 cm³/mol. The lowest BCUT2D eigenvalue weighted by Crippen LogP contribution is -2.40. The largest absolute Gasteiger partial charge is 0.348 e. The molecular formula is C15H24N4O. The summed E-state index contributed by atoms with van der Waals surface area (Å²) in [5, 5.41) is 0. The molecule has 1 aliphatic heterocycles. The fraction of sp³-hybridized carbons (Fsp3) is 0.600. The first kappa shape index (κ1) is 14.9. The zero-order chi connectivity index (χ0) is 14.5. The molecule has 1 fully saturated rings. The summed E-state index contributed by atoms with van der Waals surface area (Å²) in [6.45, 7) is 4.41. The average molecular weight is 276 g/mol. The summed E-state index contributed by atoms with van der Waals surface area (Å²) in [5.41, 5.74) is 1.06. The number of amides is 1. The van der Waals surface area contributed by atoms with Gasteiger partial charge in [-0.2, -0.15) is 0 Å². The molecule has 1 amide bonds. The number of carbonyl (C=O) groups is 1. The first-order chi connectivity index (χ1) is 9.56. The molecule has 0 bridgehead atoms. The van der Waals surface area contributed by atoms with Gasteiger partial charge in [-0.15, -0.1) is 0 Å². The first-order valence-electron chi connectivity index (χ1n) is 7.08. The van der Waals surface area contributed by atoms with E-state index in [2.05, 4.69) is 21.8 Å². The molecule has 2 heterocycles. The monoisotopic (exact) mass is 276 g/mol. The van der Waals surface area contributed by atoms with Crippen LogP contribution in [0.5, 0.6) is 0 Å². The average Bonchev–Trinajstić information content (AvgIpc) is 2.61. The van der Waals surface area contributed by atoms with Gasteiger partial charge in [-0.3, -0.25) is 14.7 Å². The lowest BCUT2D eigenvalue weighted by molar-refractivity contribution is -0.133. The van der Waals surface area contributed by atoms with Gasteiger partial charge in [-0.1, -0.05) is 6.07 Å². The minimum Gasteiger partial charge on any atom is -0.348 e. The summed E-state index contributed by atoms with van der Waals surface area (Å²) >= 11 is 0. The lowest BCUT2D eigenvalue weighted by Gasteiger charge is -2.25. The van der Waals surface area contributed by atoms with E-state index in [-0.39, 0.29) is 11.8 Å². The molecular weight excluding hydrogens is 252 g/mol. The topological polar surface area (TPSA) is 39.7 Å². The van der Waals surface area contributed by atoms with Crippen molar-refractivity contribution in [2.24, 2.45) is 5.92 Å². The molecule has 0 unspecified atom stereocenters. The van der Waals surface area contributed by atoms with Crippen LogP contribution in [-0.4, -0.2) is 72.9 Å². The van der Waals surface area contributed by atoms with Gasteiger partial charge in [0.1, 0.15) is 0 Å². The van der Waals surface area contributed by atoms with Gasteiger partial charge in [0.2, 0.25) is 5.91 Å². The van der Waals surface area contributed by atoms with Crippen molar-refractivity contribution in [2.45, 2.75) is 6.54 Å². The van der Waals surface area contributed by atoms with Gasteiger partial charge in [0.15, 0.2) is 0 Å². The van der Waals surface area contributed by atoms with Gasteiger partial charge in [0, 0.05) is 53.0 Å². The Kier molecular flexibility index (Phi) is 5.09. The maximum atomic E-state index is 12.3. The zero-order valence-electron chi connectivity index (χ0n) is 12.6. The molecule has 0 saturated carbocycles. The minimum absolute atomic E-state index is 0.0428. The number of nitrogens with zero attached hydrogens (tertiary/aromatic N) is 4. The minimum atomic E-state index is 0.0428. The van der Waals surface area contributed by atoms with E-state index < -0.39 is 0 Å². The molecule has 1 saturated heterocycles. The van der Waals surface area contributed by atoms with Gasteiger partial charge < -0.3 is 9.80 Å². The van der Waals surface area contributed by atoms with E-state index >= 15 is 0 Å². The second-order valence-electron chi connectivity index (χ2n) is 5.75. The number of aromatic nitrogens is 1. The summed E-state index contributed by atoms with van der Waals surface area (Å²) in [6, 6.07) is 5.98. The van der Waals surface area contributed by atoms with E-state index in [4.69, 9.17) is 0 Å². The molecule has 0 aromatic carbocycles. The lowest BCUT2D eigenvalue weighted by atomic mass is 10.1. The maximum Gasteiger partial charge on any atom is 0.227 e. The van der Waals surface area contributed by atoms with Crippen LogP contribution in [-0.2, 0) is 11.3 Å². The van der Waals surface area contributed by atoms with Crippen LogP contribution in [0.3, 0.4) is 0 Å². The van der Waals surface area contributed by atoms with Crippen molar-refractivity contribution in [3.8, 4) is 0 Å². The third kappa shape index (κ3) is 4.02. The third-order valence-electron chi connectivity index (χ3n) is 3.71. The van der Waals surface area contributed by atoms with Crippen LogP contribution in [0.4, 0.5) is 0 Å². The molecule has 2 rings (SSSR count). The normalized spacial score (nSPS) is 21.4. The van der Waals surface area contributed by atoms with Crippen molar-refractivity contribution in [1.82, 2.24) is 19.7 Å². The van der Waals surface area contributed by atoms with E-state index in [0.717, 1.165) is 38.4 Å². The van der Waals surface area contributed by atoms with Crippen LogP contribution in [0.1, 0.15) is 5.69 Å². The highest BCUT2D eigenvalue weighted by atomic mass is 16.2. The van der Waals surface area contributed by atoms with E-state index in [0.29, 0.717) is 0 Å². The Morgan fingerprint density at radius 2 is 2.15 bits per heavy atom. The van der Waals surface area contributed by atoms with E-state index in [1.165, 1.54) is 0 Å². The number of rotatable bonds is 3. The molecule has 20 heavy (non-hydrogen) atoms. The number of likely N-dealkylation sites (N-methyl/N-ethyl adjacent to an activating group) is 1. The second kappa shape index (κ2) is 6.81. The molecule has 1 aromatic heterocycles. The number of hydrogen-bond acceptors (Lipinski definition) is 4. The Bertz CT molecular complexity index is 435. The Morgan fingerprint density at radius 3 is 2.80 bits per heavy atom. The zero-order valence-corrected chi connectivity index (χ0v) is 12.6. The Labute approximate surface area is 121 Å². The summed E-state index contributed by atoms with van der Waals surface area (Å²) in [5.74, 6) is 0.256. The van der Waals surface area contributed by atoms with Crippen LogP contribution in [0.25, 0.3) is 0 Å². The Hall–Kier alpha value is -1.46. The Morgan fingerprint density at radius 1 is 1.35 bits per heavy atom. The highest BCUT2D eigenvalue weighted by molar-refractivity contribution is 5.78. The maximum absolute atomic E-state index is 12.3. The van der Waals surface area contributed by atoms with E-state index in [1.54, 1.807) is 4.90 Å². The van der Waals surface area contributed by atoms with Gasteiger partial charge in [0.25, 0.3) is 0 Å². The van der Waals surface area contributed by atoms with Gasteiger partial charge >= 0.3 is 0 Å². The molecule has 0 spiro atoms. The first-order valence-corrected chi connectivity index (χ1v) is 7.08. The number of hydrogen-bond donors (Lipinski definition) is 0. The molecule has 1 aliphatic rings. The van der Waals surface area contributed by atoms with Crippen molar-refractivity contribution < 1.29 is 4.79 Å². The quantitative estimate of drug-likeness (QED) is 0.807. The summed E-state index contributed by atoms with van der Waals surface area (Å²) in [4.78, 5) is 22.9. The standard InChI is InChI=1S/C15H24N4O/c1-17(2)15(20)13-10-18(3)8-9-19(11-13)12-14-6-4-5-7-16-14/h4-7,13H,8-12H2,1-3H3/t13-/m0/s1. The van der Waals surface area contributed by atoms with Gasteiger partial charge in [0.05, 0.1) is 11.6 Å². The fourth-order valence-electron chi connectivity index (χ4n) is 2.63. The molecule has 110 valence electrons. The third-order valence-corrected chi connectivity index (χ3v) is 3.71. The molecule has 0 N–H and O–H groups in total. The molecule has 0 radical (unpaired) electrons. The number of pyridine rings is 1. The van der Waals surface area contributed by atoms with E-state index in [9.17, 15) is 4.79 Å². The smallest absolute Gasteiger partial charge is 0.227 e. The molecule has 5 heteroatoms.